The van der Waals surface area contributed by atoms with E-state index in [9.17, 15) is 23.8 Å². The van der Waals surface area contributed by atoms with Crippen molar-refractivity contribution in [2.75, 3.05) is 0 Å². The lowest BCUT2D eigenvalue weighted by molar-refractivity contribution is 0.0172. The summed E-state index contributed by atoms with van der Waals surface area (Å²) >= 11 is 0. The van der Waals surface area contributed by atoms with Crippen molar-refractivity contribution < 1.29 is 28.9 Å². The standard InChI is InChI=1S/C11H9F2NO4/c12-6-3-5(11(17)18)4-7(13)9(6)10(16)8(15)1-2-14/h3-4,8,10,15-16H,1H2,(H,17,18). The van der Waals surface area contributed by atoms with Crippen molar-refractivity contribution in [2.45, 2.75) is 18.6 Å². The van der Waals surface area contributed by atoms with E-state index in [2.05, 4.69) is 0 Å². The minimum Gasteiger partial charge on any atom is -0.478 e. The third-order valence-corrected chi connectivity index (χ3v) is 2.29. The molecule has 7 heteroatoms. The molecule has 0 fully saturated rings. The first-order chi connectivity index (χ1) is 8.38. The van der Waals surface area contributed by atoms with Crippen LogP contribution in [0.3, 0.4) is 0 Å². The Morgan fingerprint density at radius 2 is 1.83 bits per heavy atom. The van der Waals surface area contributed by atoms with E-state index in [-0.39, 0.29) is 0 Å². The Morgan fingerprint density at radius 1 is 1.33 bits per heavy atom. The number of rotatable bonds is 4. The molecule has 0 aliphatic rings. The highest BCUT2D eigenvalue weighted by atomic mass is 19.1. The van der Waals surface area contributed by atoms with Crippen molar-refractivity contribution in [3.8, 4) is 6.07 Å². The van der Waals surface area contributed by atoms with Gasteiger partial charge in [0, 0.05) is 0 Å². The molecule has 1 aromatic carbocycles. The molecule has 2 unspecified atom stereocenters. The van der Waals surface area contributed by atoms with Crippen molar-refractivity contribution in [1.82, 2.24) is 0 Å². The third-order valence-electron chi connectivity index (χ3n) is 2.29. The van der Waals surface area contributed by atoms with Crippen molar-refractivity contribution in [1.29, 1.82) is 5.26 Å². The van der Waals surface area contributed by atoms with Gasteiger partial charge in [-0.2, -0.15) is 5.26 Å². The van der Waals surface area contributed by atoms with Gasteiger partial charge in [0.25, 0.3) is 0 Å². The maximum Gasteiger partial charge on any atom is 0.335 e. The molecular formula is C11H9F2NO4. The monoisotopic (exact) mass is 257 g/mol. The highest BCUT2D eigenvalue weighted by Crippen LogP contribution is 2.26. The molecular weight excluding hydrogens is 248 g/mol. The fourth-order valence-corrected chi connectivity index (χ4v) is 1.39. The zero-order valence-electron chi connectivity index (χ0n) is 8.97. The summed E-state index contributed by atoms with van der Waals surface area (Å²) in [6.07, 6.45) is -4.11. The summed E-state index contributed by atoms with van der Waals surface area (Å²) in [6.45, 7) is 0. The number of aromatic carboxylic acids is 1. The predicted octanol–water partition coefficient (Wildman–Crippen LogP) is 0.971. The van der Waals surface area contributed by atoms with Crippen LogP contribution in [0.4, 0.5) is 8.78 Å². The second kappa shape index (κ2) is 5.53. The van der Waals surface area contributed by atoms with Gasteiger partial charge in [0.15, 0.2) is 0 Å². The first-order valence-corrected chi connectivity index (χ1v) is 4.83. The van der Waals surface area contributed by atoms with Crippen LogP contribution in [0.2, 0.25) is 0 Å². The number of aliphatic hydroxyl groups is 2. The lowest BCUT2D eigenvalue weighted by Gasteiger charge is -2.17. The maximum absolute atomic E-state index is 13.5. The molecule has 0 saturated carbocycles. The van der Waals surface area contributed by atoms with Gasteiger partial charge >= 0.3 is 5.97 Å². The number of nitrogens with zero attached hydrogens (tertiary/aromatic N) is 1. The zero-order valence-corrected chi connectivity index (χ0v) is 8.97. The lowest BCUT2D eigenvalue weighted by Crippen LogP contribution is -2.20. The molecule has 96 valence electrons. The quantitative estimate of drug-likeness (QED) is 0.746. The Labute approximate surface area is 101 Å². The summed E-state index contributed by atoms with van der Waals surface area (Å²) in [4.78, 5) is 10.5. The van der Waals surface area contributed by atoms with Crippen LogP contribution in [0.25, 0.3) is 0 Å². The van der Waals surface area contributed by atoms with Gasteiger partial charge in [0.05, 0.1) is 29.7 Å². The summed E-state index contributed by atoms with van der Waals surface area (Å²) < 4.78 is 26.9. The van der Waals surface area contributed by atoms with Gasteiger partial charge in [-0.25, -0.2) is 13.6 Å². The summed E-state index contributed by atoms with van der Waals surface area (Å²) in [5.74, 6) is -4.11. The highest BCUT2D eigenvalue weighted by Gasteiger charge is 2.26. The van der Waals surface area contributed by atoms with Crippen molar-refractivity contribution in [2.24, 2.45) is 0 Å². The van der Waals surface area contributed by atoms with E-state index in [1.807, 2.05) is 0 Å². The van der Waals surface area contributed by atoms with Crippen LogP contribution in [-0.4, -0.2) is 27.4 Å². The van der Waals surface area contributed by atoms with Gasteiger partial charge in [-0.15, -0.1) is 0 Å². The summed E-state index contributed by atoms with van der Waals surface area (Å²) in [5.41, 5.74) is -1.47. The van der Waals surface area contributed by atoms with Crippen LogP contribution in [0, 0.1) is 23.0 Å². The van der Waals surface area contributed by atoms with E-state index >= 15 is 0 Å². The van der Waals surface area contributed by atoms with E-state index in [1.165, 1.54) is 6.07 Å². The number of halogens is 2. The lowest BCUT2D eigenvalue weighted by atomic mass is 9.99. The van der Waals surface area contributed by atoms with E-state index in [1.54, 1.807) is 0 Å². The van der Waals surface area contributed by atoms with E-state index in [0.29, 0.717) is 12.1 Å². The average Bonchev–Trinajstić information content (AvgIpc) is 2.27. The van der Waals surface area contributed by atoms with Gasteiger partial charge in [0.1, 0.15) is 17.7 Å². The summed E-state index contributed by atoms with van der Waals surface area (Å²) in [6, 6.07) is 2.60. The van der Waals surface area contributed by atoms with Gasteiger partial charge in [-0.3, -0.25) is 0 Å². The summed E-state index contributed by atoms with van der Waals surface area (Å²) in [5, 5.41) is 35.6. The fraction of sp³-hybridized carbons (Fsp3) is 0.273. The van der Waals surface area contributed by atoms with Crippen LogP contribution in [0.15, 0.2) is 12.1 Å². The molecule has 0 amide bonds. The second-order valence-electron chi connectivity index (χ2n) is 3.53. The summed E-state index contributed by atoms with van der Waals surface area (Å²) in [7, 11) is 0. The molecule has 0 bridgehead atoms. The van der Waals surface area contributed by atoms with Crippen molar-refractivity contribution in [3.63, 3.8) is 0 Å². The minimum atomic E-state index is -1.94. The highest BCUT2D eigenvalue weighted by molar-refractivity contribution is 5.87. The SMILES string of the molecule is N#CCC(O)C(O)c1c(F)cc(C(=O)O)cc1F. The molecule has 0 aromatic heterocycles. The number of carboxylic acids is 1. The maximum atomic E-state index is 13.5. The van der Waals surface area contributed by atoms with E-state index < -0.39 is 47.4 Å². The molecule has 0 radical (unpaired) electrons. The number of aliphatic hydroxyl groups excluding tert-OH is 2. The molecule has 0 aliphatic carbocycles. The number of carbonyl (C=O) groups is 1. The van der Waals surface area contributed by atoms with Gasteiger partial charge in [-0.05, 0) is 12.1 Å². The van der Waals surface area contributed by atoms with Crippen LogP contribution >= 0.6 is 0 Å². The Morgan fingerprint density at radius 3 is 2.22 bits per heavy atom. The predicted molar refractivity (Wildman–Crippen MR) is 54.5 cm³/mol. The molecule has 5 nitrogen and oxygen atoms in total. The number of hydrogen-bond acceptors (Lipinski definition) is 4. The largest absolute Gasteiger partial charge is 0.478 e. The number of hydrogen-bond donors (Lipinski definition) is 3. The zero-order chi connectivity index (χ0) is 13.9. The van der Waals surface area contributed by atoms with Crippen molar-refractivity contribution in [3.05, 3.63) is 34.9 Å². The number of benzene rings is 1. The van der Waals surface area contributed by atoms with E-state index in [0.717, 1.165) is 0 Å². The second-order valence-corrected chi connectivity index (χ2v) is 3.53. The van der Waals surface area contributed by atoms with Gasteiger partial charge in [-0.1, -0.05) is 0 Å². The number of nitriles is 1. The Balaban J connectivity index is 3.18. The normalized spacial score (nSPS) is 13.7. The molecule has 2 atom stereocenters. The molecule has 1 aromatic rings. The Bertz CT molecular complexity index is 489. The first kappa shape index (κ1) is 14.0. The average molecular weight is 257 g/mol. The third kappa shape index (κ3) is 2.80. The topological polar surface area (TPSA) is 102 Å². The van der Waals surface area contributed by atoms with Gasteiger partial charge < -0.3 is 15.3 Å². The molecule has 0 saturated heterocycles. The molecule has 3 N–H and O–H groups in total. The Hall–Kier alpha value is -2.04. The van der Waals surface area contributed by atoms with Crippen LogP contribution < -0.4 is 0 Å². The van der Waals surface area contributed by atoms with Crippen LogP contribution in [-0.2, 0) is 0 Å². The number of carboxylic acid groups (broad SMARTS) is 1. The van der Waals surface area contributed by atoms with Crippen LogP contribution in [0.5, 0.6) is 0 Å². The molecule has 18 heavy (non-hydrogen) atoms. The molecule has 0 aliphatic heterocycles. The fourth-order valence-electron chi connectivity index (χ4n) is 1.39. The minimum absolute atomic E-state index is 0.513. The van der Waals surface area contributed by atoms with Crippen molar-refractivity contribution >= 4 is 5.97 Å². The molecule has 0 spiro atoms. The molecule has 1 rings (SSSR count). The van der Waals surface area contributed by atoms with Crippen LogP contribution in [0.1, 0.15) is 28.4 Å². The first-order valence-electron chi connectivity index (χ1n) is 4.83. The Kier molecular flexibility index (Phi) is 4.31. The van der Waals surface area contributed by atoms with E-state index in [4.69, 9.17) is 10.4 Å². The van der Waals surface area contributed by atoms with Gasteiger partial charge in [0.2, 0.25) is 0 Å². The smallest absolute Gasteiger partial charge is 0.335 e. The molecule has 0 heterocycles.